The van der Waals surface area contributed by atoms with Crippen LogP contribution in [-0.2, 0) is 5.41 Å². The Morgan fingerprint density at radius 3 is 2.50 bits per heavy atom. The Morgan fingerprint density at radius 2 is 2.00 bits per heavy atom. The van der Waals surface area contributed by atoms with E-state index in [2.05, 4.69) is 43.0 Å². The predicted octanol–water partition coefficient (Wildman–Crippen LogP) is 2.36. The SMILES string of the molecule is Cc1c(NN)nc(C(C)(C)C)nc1N1CC2CCC1C2. The Kier molecular flexibility index (Phi) is 3.12. The molecule has 2 heterocycles. The molecule has 1 saturated carbocycles. The number of anilines is 2. The number of aromatic nitrogens is 2. The summed E-state index contributed by atoms with van der Waals surface area (Å²) >= 11 is 0. The lowest BCUT2D eigenvalue weighted by molar-refractivity contribution is 0.529. The van der Waals surface area contributed by atoms with Gasteiger partial charge in [0, 0.05) is 23.6 Å². The van der Waals surface area contributed by atoms with E-state index in [-0.39, 0.29) is 5.41 Å². The van der Waals surface area contributed by atoms with Gasteiger partial charge in [0.25, 0.3) is 0 Å². The number of hydrazine groups is 1. The van der Waals surface area contributed by atoms with E-state index in [4.69, 9.17) is 10.8 Å². The van der Waals surface area contributed by atoms with Gasteiger partial charge in [-0.3, -0.25) is 0 Å². The number of rotatable bonds is 2. The molecule has 1 aliphatic carbocycles. The molecule has 3 rings (SSSR count). The van der Waals surface area contributed by atoms with Crippen LogP contribution in [0.25, 0.3) is 0 Å². The van der Waals surface area contributed by atoms with Gasteiger partial charge in [-0.05, 0) is 32.1 Å². The average Bonchev–Trinajstić information content (AvgIpc) is 2.99. The summed E-state index contributed by atoms with van der Waals surface area (Å²) in [6.07, 6.45) is 3.99. The maximum absolute atomic E-state index is 5.65. The number of nitrogen functional groups attached to an aromatic ring is 1. The Bertz CT molecular complexity index is 520. The van der Waals surface area contributed by atoms with Gasteiger partial charge in [0.1, 0.15) is 17.5 Å². The monoisotopic (exact) mass is 275 g/mol. The van der Waals surface area contributed by atoms with Crippen molar-refractivity contribution in [3.63, 3.8) is 0 Å². The molecule has 1 saturated heterocycles. The minimum Gasteiger partial charge on any atom is -0.353 e. The molecule has 2 atom stereocenters. The molecule has 5 nitrogen and oxygen atoms in total. The van der Waals surface area contributed by atoms with Gasteiger partial charge in [-0.1, -0.05) is 20.8 Å². The summed E-state index contributed by atoms with van der Waals surface area (Å²) in [4.78, 5) is 11.9. The molecule has 3 N–H and O–H groups in total. The Balaban J connectivity index is 2.05. The van der Waals surface area contributed by atoms with E-state index in [0.717, 1.165) is 35.5 Å². The highest BCUT2D eigenvalue weighted by atomic mass is 15.3. The quantitative estimate of drug-likeness (QED) is 0.640. The zero-order chi connectivity index (χ0) is 14.5. The number of nitrogens with two attached hydrogens (primary N) is 1. The zero-order valence-corrected chi connectivity index (χ0v) is 12.9. The first-order chi connectivity index (χ1) is 9.40. The summed E-state index contributed by atoms with van der Waals surface area (Å²) in [5.41, 5.74) is 3.72. The molecule has 110 valence electrons. The van der Waals surface area contributed by atoms with E-state index in [0.29, 0.717) is 6.04 Å². The lowest BCUT2D eigenvalue weighted by atomic mass is 9.95. The van der Waals surface area contributed by atoms with E-state index < -0.39 is 0 Å². The van der Waals surface area contributed by atoms with E-state index in [1.165, 1.54) is 19.3 Å². The second-order valence-electron chi connectivity index (χ2n) is 7.22. The Morgan fingerprint density at radius 1 is 1.25 bits per heavy atom. The van der Waals surface area contributed by atoms with Crippen LogP contribution in [-0.4, -0.2) is 22.6 Å². The molecule has 2 fully saturated rings. The first-order valence-corrected chi connectivity index (χ1v) is 7.52. The van der Waals surface area contributed by atoms with E-state index >= 15 is 0 Å². The van der Waals surface area contributed by atoms with Crippen LogP contribution in [0.15, 0.2) is 0 Å². The molecule has 0 radical (unpaired) electrons. The lowest BCUT2D eigenvalue weighted by Gasteiger charge is -2.31. The molecule has 0 amide bonds. The van der Waals surface area contributed by atoms with Crippen LogP contribution in [0, 0.1) is 12.8 Å². The molecule has 20 heavy (non-hydrogen) atoms. The number of fused-ring (bicyclic) bond motifs is 2. The minimum absolute atomic E-state index is 0.0766. The zero-order valence-electron chi connectivity index (χ0n) is 12.9. The smallest absolute Gasteiger partial charge is 0.148 e. The topological polar surface area (TPSA) is 67.1 Å². The second kappa shape index (κ2) is 4.58. The van der Waals surface area contributed by atoms with Crippen LogP contribution in [0.5, 0.6) is 0 Å². The number of piperidine rings is 1. The van der Waals surface area contributed by atoms with Crippen molar-refractivity contribution in [2.24, 2.45) is 11.8 Å². The fourth-order valence-electron chi connectivity index (χ4n) is 3.44. The van der Waals surface area contributed by atoms with Gasteiger partial charge in [0.05, 0.1) is 0 Å². The number of nitrogens with zero attached hydrogens (tertiary/aromatic N) is 3. The van der Waals surface area contributed by atoms with Crippen molar-refractivity contribution < 1.29 is 0 Å². The predicted molar refractivity (Wildman–Crippen MR) is 81.8 cm³/mol. The van der Waals surface area contributed by atoms with Gasteiger partial charge < -0.3 is 10.3 Å². The van der Waals surface area contributed by atoms with E-state index in [1.807, 2.05) is 0 Å². The third kappa shape index (κ3) is 2.14. The lowest BCUT2D eigenvalue weighted by Crippen LogP contribution is -2.34. The molecule has 2 unspecified atom stereocenters. The standard InChI is InChI=1S/C15H25N5/c1-9-12(19-16)17-14(15(2,3)4)18-13(9)20-8-10-5-6-11(20)7-10/h10-11H,5-8,16H2,1-4H3,(H,17,18,19). The van der Waals surface area contributed by atoms with Gasteiger partial charge in [-0.15, -0.1) is 0 Å². The first kappa shape index (κ1) is 13.6. The molecular formula is C15H25N5. The van der Waals surface area contributed by atoms with Crippen molar-refractivity contribution in [2.45, 2.75) is 58.4 Å². The summed E-state index contributed by atoms with van der Waals surface area (Å²) in [5.74, 6) is 9.18. The van der Waals surface area contributed by atoms with Gasteiger partial charge in [0.2, 0.25) is 0 Å². The summed E-state index contributed by atoms with van der Waals surface area (Å²) in [7, 11) is 0. The van der Waals surface area contributed by atoms with Crippen molar-refractivity contribution in [1.82, 2.24) is 9.97 Å². The molecule has 1 aliphatic heterocycles. The van der Waals surface area contributed by atoms with Crippen LogP contribution in [0.4, 0.5) is 11.6 Å². The fraction of sp³-hybridized carbons (Fsp3) is 0.733. The van der Waals surface area contributed by atoms with Crippen molar-refractivity contribution in [3.8, 4) is 0 Å². The van der Waals surface area contributed by atoms with Crippen LogP contribution in [0.2, 0.25) is 0 Å². The third-order valence-corrected chi connectivity index (χ3v) is 4.61. The van der Waals surface area contributed by atoms with Gasteiger partial charge in [-0.2, -0.15) is 0 Å². The molecule has 2 aliphatic rings. The van der Waals surface area contributed by atoms with E-state index in [9.17, 15) is 0 Å². The Hall–Kier alpha value is -1.36. The van der Waals surface area contributed by atoms with Crippen LogP contribution >= 0.6 is 0 Å². The fourth-order valence-corrected chi connectivity index (χ4v) is 3.44. The van der Waals surface area contributed by atoms with E-state index in [1.54, 1.807) is 0 Å². The maximum Gasteiger partial charge on any atom is 0.148 e. The molecule has 2 bridgehead atoms. The van der Waals surface area contributed by atoms with Crippen LogP contribution in [0.3, 0.4) is 0 Å². The molecule has 1 aromatic heterocycles. The number of hydrogen-bond donors (Lipinski definition) is 2. The molecule has 1 aromatic rings. The van der Waals surface area contributed by atoms with Gasteiger partial charge in [-0.25, -0.2) is 15.8 Å². The number of nitrogens with one attached hydrogen (secondary N) is 1. The van der Waals surface area contributed by atoms with Crippen molar-refractivity contribution in [3.05, 3.63) is 11.4 Å². The minimum atomic E-state index is -0.0766. The van der Waals surface area contributed by atoms with Gasteiger partial charge in [0.15, 0.2) is 0 Å². The van der Waals surface area contributed by atoms with Crippen molar-refractivity contribution in [1.29, 1.82) is 0 Å². The highest BCUT2D eigenvalue weighted by Gasteiger charge is 2.39. The summed E-state index contributed by atoms with van der Waals surface area (Å²) in [6, 6.07) is 0.659. The maximum atomic E-state index is 5.65. The largest absolute Gasteiger partial charge is 0.353 e. The molecule has 5 heteroatoms. The number of hydrogen-bond acceptors (Lipinski definition) is 5. The van der Waals surface area contributed by atoms with Crippen LogP contribution in [0.1, 0.15) is 51.4 Å². The third-order valence-electron chi connectivity index (χ3n) is 4.61. The molecule has 0 aromatic carbocycles. The van der Waals surface area contributed by atoms with Crippen LogP contribution < -0.4 is 16.2 Å². The first-order valence-electron chi connectivity index (χ1n) is 7.52. The highest BCUT2D eigenvalue weighted by molar-refractivity contribution is 5.60. The van der Waals surface area contributed by atoms with Crippen molar-refractivity contribution in [2.75, 3.05) is 16.9 Å². The normalized spacial score (nSPS) is 25.4. The average molecular weight is 275 g/mol. The molecule has 0 spiro atoms. The Labute approximate surface area is 120 Å². The summed E-state index contributed by atoms with van der Waals surface area (Å²) in [6.45, 7) is 9.60. The van der Waals surface area contributed by atoms with Crippen molar-refractivity contribution >= 4 is 11.6 Å². The highest BCUT2D eigenvalue weighted by Crippen LogP contribution is 2.41. The van der Waals surface area contributed by atoms with Gasteiger partial charge >= 0.3 is 0 Å². The summed E-state index contributed by atoms with van der Waals surface area (Å²) < 4.78 is 0. The molecular weight excluding hydrogens is 250 g/mol. The summed E-state index contributed by atoms with van der Waals surface area (Å²) in [5, 5.41) is 0. The second-order valence-corrected chi connectivity index (χ2v) is 7.22.